The Balaban J connectivity index is 0.00000172. The maximum atomic E-state index is 12.4. The highest BCUT2D eigenvalue weighted by Gasteiger charge is 2.20. The van der Waals surface area contributed by atoms with Crippen LogP contribution in [-0.4, -0.2) is 30.2 Å². The van der Waals surface area contributed by atoms with Crippen molar-refractivity contribution in [1.82, 2.24) is 4.90 Å². The molecule has 0 heterocycles. The highest BCUT2D eigenvalue weighted by molar-refractivity contribution is 6.01. The van der Waals surface area contributed by atoms with Crippen LogP contribution in [0.5, 0.6) is 0 Å². The summed E-state index contributed by atoms with van der Waals surface area (Å²) < 4.78 is 0. The van der Waals surface area contributed by atoms with Crippen LogP contribution in [0.1, 0.15) is 67.7 Å². The van der Waals surface area contributed by atoms with Gasteiger partial charge in [-0.2, -0.15) is 0 Å². The van der Waals surface area contributed by atoms with Gasteiger partial charge in [-0.25, -0.2) is 0 Å². The molecule has 1 rings (SSSR count). The zero-order valence-electron chi connectivity index (χ0n) is 13.3. The summed E-state index contributed by atoms with van der Waals surface area (Å²) in [7, 11) is 1.81. The van der Waals surface area contributed by atoms with E-state index in [2.05, 4.69) is 13.8 Å². The zero-order valence-corrected chi connectivity index (χ0v) is 13.3. The van der Waals surface area contributed by atoms with Gasteiger partial charge in [0.2, 0.25) is 0 Å². The molecule has 0 fully saturated rings. The number of aldehydes is 1. The third-order valence-electron chi connectivity index (χ3n) is 3.28. The summed E-state index contributed by atoms with van der Waals surface area (Å²) in [5.74, 6) is -0.0713. The molecule has 0 N–H and O–H groups in total. The number of nitrogens with zero attached hydrogens (tertiary/aromatic N) is 1. The standard InChI is InChI=1S/C15H21NO2.C2H6/c1-4-8-13(5-2)16(3)15(18)14-10-7-6-9-12(14)11-17;1-2/h6-7,9-11,13H,4-5,8H2,1-3H3;1-2H3. The topological polar surface area (TPSA) is 37.4 Å². The molecule has 1 aromatic rings. The molecule has 0 aliphatic rings. The fourth-order valence-electron chi connectivity index (χ4n) is 2.16. The number of carbonyl (C=O) groups is 2. The van der Waals surface area contributed by atoms with Gasteiger partial charge in [-0.05, 0) is 18.9 Å². The van der Waals surface area contributed by atoms with Gasteiger partial charge in [0.15, 0.2) is 6.29 Å². The lowest BCUT2D eigenvalue weighted by molar-refractivity contribution is 0.0716. The average molecular weight is 277 g/mol. The molecule has 1 unspecified atom stereocenters. The minimum atomic E-state index is -0.0713. The highest BCUT2D eigenvalue weighted by Crippen LogP contribution is 2.15. The van der Waals surface area contributed by atoms with Crippen LogP contribution in [0.15, 0.2) is 24.3 Å². The van der Waals surface area contributed by atoms with Gasteiger partial charge in [-0.1, -0.05) is 52.3 Å². The molecular formula is C17H27NO2. The maximum Gasteiger partial charge on any atom is 0.254 e. The smallest absolute Gasteiger partial charge is 0.254 e. The summed E-state index contributed by atoms with van der Waals surface area (Å²) in [5.41, 5.74) is 0.949. The Bertz CT molecular complexity index is 415. The minimum Gasteiger partial charge on any atom is -0.339 e. The monoisotopic (exact) mass is 277 g/mol. The van der Waals surface area contributed by atoms with Crippen molar-refractivity contribution in [2.75, 3.05) is 7.05 Å². The molecule has 0 aliphatic heterocycles. The molecule has 1 atom stereocenters. The highest BCUT2D eigenvalue weighted by atomic mass is 16.2. The van der Waals surface area contributed by atoms with Crippen molar-refractivity contribution in [3.8, 4) is 0 Å². The number of carbonyl (C=O) groups excluding carboxylic acids is 2. The molecule has 0 spiro atoms. The van der Waals surface area contributed by atoms with Crippen molar-refractivity contribution in [2.45, 2.75) is 53.0 Å². The summed E-state index contributed by atoms with van der Waals surface area (Å²) >= 11 is 0. The largest absolute Gasteiger partial charge is 0.339 e. The van der Waals surface area contributed by atoms with Crippen molar-refractivity contribution >= 4 is 12.2 Å². The predicted molar refractivity (Wildman–Crippen MR) is 84.3 cm³/mol. The minimum absolute atomic E-state index is 0.0713. The van der Waals surface area contributed by atoms with Crippen molar-refractivity contribution < 1.29 is 9.59 Å². The van der Waals surface area contributed by atoms with Crippen LogP contribution in [0.4, 0.5) is 0 Å². The number of hydrogen-bond donors (Lipinski definition) is 0. The second-order valence-electron chi connectivity index (χ2n) is 4.47. The van der Waals surface area contributed by atoms with Gasteiger partial charge in [0.1, 0.15) is 0 Å². The van der Waals surface area contributed by atoms with E-state index in [-0.39, 0.29) is 11.9 Å². The Hall–Kier alpha value is -1.64. The molecule has 1 aromatic carbocycles. The lowest BCUT2D eigenvalue weighted by Gasteiger charge is -2.27. The molecule has 0 aromatic heterocycles. The normalized spacial score (nSPS) is 11.1. The van der Waals surface area contributed by atoms with Gasteiger partial charge in [0.25, 0.3) is 5.91 Å². The Morgan fingerprint density at radius 2 is 1.85 bits per heavy atom. The SMILES string of the molecule is CC.CCCC(CC)N(C)C(=O)c1ccccc1C=O. The summed E-state index contributed by atoms with van der Waals surface area (Å²) in [6.07, 6.45) is 3.70. The Morgan fingerprint density at radius 1 is 1.25 bits per heavy atom. The van der Waals surface area contributed by atoms with Crippen LogP contribution in [0.3, 0.4) is 0 Å². The molecule has 112 valence electrons. The first kappa shape index (κ1) is 18.4. The fourth-order valence-corrected chi connectivity index (χ4v) is 2.16. The lowest BCUT2D eigenvalue weighted by Crippen LogP contribution is -2.37. The number of hydrogen-bond acceptors (Lipinski definition) is 2. The van der Waals surface area contributed by atoms with Crippen LogP contribution in [0.25, 0.3) is 0 Å². The second kappa shape index (κ2) is 10.2. The molecular weight excluding hydrogens is 250 g/mol. The third-order valence-corrected chi connectivity index (χ3v) is 3.28. The molecule has 1 amide bonds. The molecule has 3 heteroatoms. The van der Waals surface area contributed by atoms with Gasteiger partial charge >= 0.3 is 0 Å². The van der Waals surface area contributed by atoms with E-state index in [9.17, 15) is 9.59 Å². The van der Waals surface area contributed by atoms with E-state index in [1.54, 1.807) is 29.2 Å². The van der Waals surface area contributed by atoms with E-state index in [1.165, 1.54) is 0 Å². The summed E-state index contributed by atoms with van der Waals surface area (Å²) in [6, 6.07) is 7.18. The first-order valence-corrected chi connectivity index (χ1v) is 7.47. The quantitative estimate of drug-likeness (QED) is 0.732. The van der Waals surface area contributed by atoms with Crippen molar-refractivity contribution in [3.63, 3.8) is 0 Å². The van der Waals surface area contributed by atoms with Gasteiger partial charge in [0, 0.05) is 18.7 Å². The fraction of sp³-hybridized carbons (Fsp3) is 0.529. The first-order valence-electron chi connectivity index (χ1n) is 7.47. The van der Waals surface area contributed by atoms with Crippen LogP contribution in [0, 0.1) is 0 Å². The zero-order chi connectivity index (χ0) is 15.5. The van der Waals surface area contributed by atoms with E-state index in [0.717, 1.165) is 25.5 Å². The number of benzene rings is 1. The average Bonchev–Trinajstić information content (AvgIpc) is 2.53. The Labute approximate surface area is 123 Å². The molecule has 0 saturated heterocycles. The van der Waals surface area contributed by atoms with Crippen LogP contribution >= 0.6 is 0 Å². The molecule has 0 saturated carbocycles. The van der Waals surface area contributed by atoms with E-state index in [4.69, 9.17) is 0 Å². The molecule has 0 aliphatic carbocycles. The van der Waals surface area contributed by atoms with Crippen molar-refractivity contribution in [3.05, 3.63) is 35.4 Å². The van der Waals surface area contributed by atoms with Gasteiger partial charge < -0.3 is 4.90 Å². The van der Waals surface area contributed by atoms with Crippen molar-refractivity contribution in [2.24, 2.45) is 0 Å². The van der Waals surface area contributed by atoms with E-state index < -0.39 is 0 Å². The Kier molecular flexibility index (Phi) is 9.35. The predicted octanol–water partition coefficient (Wildman–Crippen LogP) is 4.18. The van der Waals surface area contributed by atoms with Gasteiger partial charge in [-0.3, -0.25) is 9.59 Å². The van der Waals surface area contributed by atoms with Gasteiger partial charge in [-0.15, -0.1) is 0 Å². The first-order chi connectivity index (χ1) is 9.65. The molecule has 20 heavy (non-hydrogen) atoms. The summed E-state index contributed by atoms with van der Waals surface area (Å²) in [6.45, 7) is 8.19. The summed E-state index contributed by atoms with van der Waals surface area (Å²) in [5, 5.41) is 0. The lowest BCUT2D eigenvalue weighted by atomic mass is 10.0. The van der Waals surface area contributed by atoms with Crippen LogP contribution in [0.2, 0.25) is 0 Å². The number of rotatable bonds is 6. The van der Waals surface area contributed by atoms with Crippen LogP contribution < -0.4 is 0 Å². The molecule has 0 radical (unpaired) electrons. The molecule has 0 bridgehead atoms. The Morgan fingerprint density at radius 3 is 2.35 bits per heavy atom. The second-order valence-corrected chi connectivity index (χ2v) is 4.47. The van der Waals surface area contributed by atoms with Crippen molar-refractivity contribution in [1.29, 1.82) is 0 Å². The summed E-state index contributed by atoms with van der Waals surface area (Å²) in [4.78, 5) is 25.1. The van der Waals surface area contributed by atoms with E-state index in [1.807, 2.05) is 20.9 Å². The van der Waals surface area contributed by atoms with E-state index >= 15 is 0 Å². The maximum absolute atomic E-state index is 12.4. The van der Waals surface area contributed by atoms with E-state index in [0.29, 0.717) is 11.1 Å². The molecule has 3 nitrogen and oxygen atoms in total. The third kappa shape index (κ3) is 4.80. The number of amides is 1. The van der Waals surface area contributed by atoms with Gasteiger partial charge in [0.05, 0.1) is 5.56 Å². The van der Waals surface area contributed by atoms with Crippen LogP contribution in [-0.2, 0) is 0 Å².